The van der Waals surface area contributed by atoms with Gasteiger partial charge in [-0.2, -0.15) is 5.26 Å². The number of nitrogens with one attached hydrogen (secondary N) is 2. The predicted octanol–water partition coefficient (Wildman–Crippen LogP) is 2.07. The molecule has 228 valence electrons. The highest BCUT2D eigenvalue weighted by Gasteiger charge is 2.54. The maximum absolute atomic E-state index is 12.6. The van der Waals surface area contributed by atoms with Gasteiger partial charge >= 0.3 is 0 Å². The molecular weight excluding hydrogens is 532 g/mol. The summed E-state index contributed by atoms with van der Waals surface area (Å²) in [4.78, 5) is 19.2. The van der Waals surface area contributed by atoms with Crippen molar-refractivity contribution in [3.05, 3.63) is 42.5 Å². The number of amides is 1. The van der Waals surface area contributed by atoms with Gasteiger partial charge in [0.25, 0.3) is 0 Å². The molecule has 2 N–H and O–H groups in total. The van der Waals surface area contributed by atoms with E-state index in [-0.39, 0.29) is 36.6 Å². The number of hydrogen-bond acceptors (Lipinski definition) is 9. The maximum Gasteiger partial charge on any atom is 0.246 e. The van der Waals surface area contributed by atoms with Gasteiger partial charge < -0.3 is 24.0 Å². The molecule has 1 saturated carbocycles. The summed E-state index contributed by atoms with van der Waals surface area (Å²) in [6, 6.07) is 11.0. The summed E-state index contributed by atoms with van der Waals surface area (Å²) in [6.07, 6.45) is 7.27. The SMILES string of the molecule is C=CC(=O)N1CCN(C2NC(OCC3CCCN3C)NC3C[C@@]4(CCC32)Oc2ccccc2CC4OC)CC1CC#N. The highest BCUT2D eigenvalue weighted by Crippen LogP contribution is 2.46. The Bertz CT molecular complexity index is 1180. The normalized spacial score (nSPS) is 37.0. The Labute approximate surface area is 249 Å². The van der Waals surface area contributed by atoms with E-state index in [1.54, 1.807) is 7.11 Å². The first-order chi connectivity index (χ1) is 20.4. The van der Waals surface area contributed by atoms with Crippen molar-refractivity contribution in [1.29, 1.82) is 5.26 Å². The number of ether oxygens (including phenoxy) is 3. The first kappa shape index (κ1) is 29.5. The number of fused-ring (bicyclic) bond motifs is 2. The van der Waals surface area contributed by atoms with Crippen molar-refractivity contribution < 1.29 is 19.0 Å². The Hall–Kier alpha value is -2.52. The summed E-state index contributed by atoms with van der Waals surface area (Å²) >= 11 is 0. The largest absolute Gasteiger partial charge is 0.484 e. The number of piperazine rings is 1. The Kier molecular flexibility index (Phi) is 8.87. The number of para-hydroxylation sites is 1. The second-order valence-electron chi connectivity index (χ2n) is 12.7. The Morgan fingerprint density at radius 1 is 1.24 bits per heavy atom. The summed E-state index contributed by atoms with van der Waals surface area (Å²) in [5, 5.41) is 17.2. The molecule has 7 unspecified atom stereocenters. The Balaban J connectivity index is 1.24. The maximum atomic E-state index is 12.6. The van der Waals surface area contributed by atoms with Crippen LogP contribution in [0.4, 0.5) is 0 Å². The summed E-state index contributed by atoms with van der Waals surface area (Å²) < 4.78 is 19.5. The van der Waals surface area contributed by atoms with Crippen LogP contribution < -0.4 is 15.4 Å². The molecule has 0 bridgehead atoms. The lowest BCUT2D eigenvalue weighted by molar-refractivity contribution is -0.157. The molecule has 1 aromatic rings. The molecule has 0 radical (unpaired) electrons. The smallest absolute Gasteiger partial charge is 0.246 e. The predicted molar refractivity (Wildman–Crippen MR) is 158 cm³/mol. The molecular formula is C32H46N6O4. The minimum Gasteiger partial charge on any atom is -0.484 e. The van der Waals surface area contributed by atoms with Crippen LogP contribution in [0.3, 0.4) is 0 Å². The highest BCUT2D eigenvalue weighted by atomic mass is 16.6. The monoisotopic (exact) mass is 578 g/mol. The third kappa shape index (κ3) is 5.71. The number of hydrogen-bond donors (Lipinski definition) is 2. The molecule has 1 aliphatic carbocycles. The van der Waals surface area contributed by atoms with Gasteiger partial charge in [0, 0.05) is 57.6 Å². The highest BCUT2D eigenvalue weighted by molar-refractivity contribution is 5.87. The van der Waals surface area contributed by atoms with Gasteiger partial charge in [0.1, 0.15) is 17.5 Å². The van der Waals surface area contributed by atoms with Crippen LogP contribution in [0.25, 0.3) is 0 Å². The van der Waals surface area contributed by atoms with E-state index in [4.69, 9.17) is 14.2 Å². The number of nitrogens with zero attached hydrogens (tertiary/aromatic N) is 4. The minimum atomic E-state index is -0.409. The van der Waals surface area contributed by atoms with Crippen molar-refractivity contribution >= 4 is 5.91 Å². The molecule has 1 amide bonds. The molecule has 10 nitrogen and oxygen atoms in total. The summed E-state index contributed by atoms with van der Waals surface area (Å²) in [6.45, 7) is 7.41. The molecule has 1 aromatic carbocycles. The van der Waals surface area contributed by atoms with Gasteiger partial charge in [-0.3, -0.25) is 20.3 Å². The van der Waals surface area contributed by atoms with Gasteiger partial charge in [-0.15, -0.1) is 0 Å². The van der Waals surface area contributed by atoms with Crippen molar-refractivity contribution in [2.45, 2.75) is 87.3 Å². The van der Waals surface area contributed by atoms with Gasteiger partial charge in [0.2, 0.25) is 5.91 Å². The average Bonchev–Trinajstić information content (AvgIpc) is 3.43. The van der Waals surface area contributed by atoms with Crippen molar-refractivity contribution in [2.75, 3.05) is 46.9 Å². The zero-order valence-electron chi connectivity index (χ0n) is 25.0. The van der Waals surface area contributed by atoms with Crippen LogP contribution in [-0.4, -0.2) is 110 Å². The second kappa shape index (κ2) is 12.6. The first-order valence-electron chi connectivity index (χ1n) is 15.6. The zero-order chi connectivity index (χ0) is 29.3. The topological polar surface area (TPSA) is 102 Å². The zero-order valence-corrected chi connectivity index (χ0v) is 25.0. The van der Waals surface area contributed by atoms with Crippen LogP contribution in [-0.2, 0) is 20.7 Å². The van der Waals surface area contributed by atoms with Gasteiger partial charge in [0.15, 0.2) is 6.35 Å². The van der Waals surface area contributed by atoms with E-state index in [0.29, 0.717) is 38.1 Å². The van der Waals surface area contributed by atoms with Crippen LogP contribution in [0.5, 0.6) is 5.75 Å². The van der Waals surface area contributed by atoms with E-state index in [0.717, 1.165) is 50.9 Å². The number of carbonyl (C=O) groups is 1. The van der Waals surface area contributed by atoms with Crippen LogP contribution in [0, 0.1) is 17.2 Å². The molecule has 10 heteroatoms. The number of rotatable bonds is 7. The van der Waals surface area contributed by atoms with Crippen molar-refractivity contribution in [1.82, 2.24) is 25.3 Å². The molecule has 8 atom stereocenters. The number of likely N-dealkylation sites (N-methyl/N-ethyl adjacent to an activating group) is 1. The number of carbonyl (C=O) groups excluding carboxylic acids is 1. The second-order valence-corrected chi connectivity index (χ2v) is 12.7. The molecule has 42 heavy (non-hydrogen) atoms. The van der Waals surface area contributed by atoms with Crippen LogP contribution in [0.1, 0.15) is 44.1 Å². The Morgan fingerprint density at radius 3 is 2.86 bits per heavy atom. The van der Waals surface area contributed by atoms with E-state index < -0.39 is 5.60 Å². The van der Waals surface area contributed by atoms with Crippen LogP contribution in [0.15, 0.2) is 36.9 Å². The number of likely N-dealkylation sites (tertiary alicyclic amines) is 1. The fourth-order valence-corrected chi connectivity index (χ4v) is 8.13. The van der Waals surface area contributed by atoms with Crippen molar-refractivity contribution in [3.8, 4) is 11.8 Å². The lowest BCUT2D eigenvalue weighted by Gasteiger charge is -2.57. The summed E-state index contributed by atoms with van der Waals surface area (Å²) in [5.74, 6) is 1.18. The number of benzene rings is 1. The van der Waals surface area contributed by atoms with E-state index in [9.17, 15) is 10.1 Å². The summed E-state index contributed by atoms with van der Waals surface area (Å²) in [7, 11) is 3.98. The standard InChI is InChI=1S/C32H46N6O4/c1-4-29(39)38-17-16-37(20-23(38)12-14-33)30-25-11-13-32(28(40-3)18-22-8-5-6-10-27(22)42-32)19-26(25)34-31(35-30)41-21-24-9-7-15-36(24)2/h4-6,8,10,23-26,28,30-31,34-35H,1,7,9,11-13,15-21H2,2-3H3/t23?,24?,25?,26?,28?,30?,31?,32-/m1/s1. The molecule has 4 aliphatic heterocycles. The third-order valence-corrected chi connectivity index (χ3v) is 10.5. The van der Waals surface area contributed by atoms with E-state index in [1.807, 2.05) is 11.0 Å². The van der Waals surface area contributed by atoms with Crippen molar-refractivity contribution in [3.63, 3.8) is 0 Å². The molecule has 3 saturated heterocycles. The first-order valence-corrected chi connectivity index (χ1v) is 15.6. The fourth-order valence-electron chi connectivity index (χ4n) is 8.13. The fraction of sp³-hybridized carbons (Fsp3) is 0.688. The van der Waals surface area contributed by atoms with Crippen LogP contribution >= 0.6 is 0 Å². The molecule has 4 heterocycles. The number of nitriles is 1. The molecule has 6 rings (SSSR count). The average molecular weight is 579 g/mol. The third-order valence-electron chi connectivity index (χ3n) is 10.5. The van der Waals surface area contributed by atoms with Gasteiger partial charge in [-0.05, 0) is 57.0 Å². The lowest BCUT2D eigenvalue weighted by atomic mass is 9.68. The quantitative estimate of drug-likeness (QED) is 0.471. The minimum absolute atomic E-state index is 0.0246. The summed E-state index contributed by atoms with van der Waals surface area (Å²) in [5.41, 5.74) is 0.791. The van der Waals surface area contributed by atoms with Gasteiger partial charge in [0.05, 0.1) is 31.3 Å². The van der Waals surface area contributed by atoms with Crippen LogP contribution in [0.2, 0.25) is 0 Å². The Morgan fingerprint density at radius 2 is 2.10 bits per heavy atom. The molecule has 1 spiro atoms. The lowest BCUT2D eigenvalue weighted by Crippen LogP contribution is -2.74. The van der Waals surface area contributed by atoms with Crippen molar-refractivity contribution in [2.24, 2.45) is 5.92 Å². The molecule has 4 fully saturated rings. The molecule has 5 aliphatic rings. The van der Waals surface area contributed by atoms with E-state index in [2.05, 4.69) is 58.3 Å². The van der Waals surface area contributed by atoms with Gasteiger partial charge in [-0.25, -0.2) is 0 Å². The molecule has 0 aromatic heterocycles. The van der Waals surface area contributed by atoms with Gasteiger partial charge in [-0.1, -0.05) is 24.8 Å². The number of methoxy groups -OCH3 is 1. The van der Waals surface area contributed by atoms with E-state index in [1.165, 1.54) is 18.1 Å². The van der Waals surface area contributed by atoms with E-state index >= 15 is 0 Å².